The van der Waals surface area contributed by atoms with E-state index in [1.807, 2.05) is 11.0 Å². The third kappa shape index (κ3) is 3.19. The van der Waals surface area contributed by atoms with Crippen LogP contribution in [0.1, 0.15) is 22.5 Å². The molecule has 1 spiro atoms. The Hall–Kier alpha value is -1.70. The average molecular weight is 393 g/mol. The SMILES string of the molecule is O=C(c1ccc(Cl)s1)N1CCC2(CC1)CN(c1ccncn1)CC2CO. The molecule has 4 heterocycles. The number of carbonyl (C=O) groups excluding carboxylic acids is 1. The summed E-state index contributed by atoms with van der Waals surface area (Å²) < 4.78 is 0.637. The number of halogens is 1. The Balaban J connectivity index is 1.46. The van der Waals surface area contributed by atoms with Gasteiger partial charge in [0.2, 0.25) is 0 Å². The zero-order valence-corrected chi connectivity index (χ0v) is 15.9. The molecule has 1 amide bonds. The fourth-order valence-electron chi connectivity index (χ4n) is 4.24. The molecule has 1 N–H and O–H groups in total. The molecule has 26 heavy (non-hydrogen) atoms. The van der Waals surface area contributed by atoms with E-state index in [4.69, 9.17) is 11.6 Å². The molecule has 1 atom stereocenters. The number of hydrogen-bond donors (Lipinski definition) is 1. The van der Waals surface area contributed by atoms with Crippen LogP contribution in [0.4, 0.5) is 5.82 Å². The van der Waals surface area contributed by atoms with Crippen LogP contribution in [0.2, 0.25) is 4.34 Å². The van der Waals surface area contributed by atoms with E-state index in [1.165, 1.54) is 11.3 Å². The summed E-state index contributed by atoms with van der Waals surface area (Å²) >= 11 is 7.29. The molecule has 6 nitrogen and oxygen atoms in total. The van der Waals surface area contributed by atoms with Crippen molar-refractivity contribution in [3.8, 4) is 0 Å². The van der Waals surface area contributed by atoms with Gasteiger partial charge in [-0.25, -0.2) is 9.97 Å². The number of thiophene rings is 1. The van der Waals surface area contributed by atoms with Crippen LogP contribution in [0.3, 0.4) is 0 Å². The second kappa shape index (κ2) is 7.13. The van der Waals surface area contributed by atoms with Gasteiger partial charge in [-0.15, -0.1) is 11.3 Å². The Morgan fingerprint density at radius 1 is 1.35 bits per heavy atom. The van der Waals surface area contributed by atoms with Crippen LogP contribution in [0.5, 0.6) is 0 Å². The van der Waals surface area contributed by atoms with Gasteiger partial charge < -0.3 is 14.9 Å². The normalized spacial score (nSPS) is 22.2. The molecular weight excluding hydrogens is 372 g/mol. The van der Waals surface area contributed by atoms with Gasteiger partial charge in [-0.2, -0.15) is 0 Å². The van der Waals surface area contributed by atoms with Crippen molar-refractivity contribution in [1.82, 2.24) is 14.9 Å². The number of hydrogen-bond acceptors (Lipinski definition) is 6. The fourth-order valence-corrected chi connectivity index (χ4v) is 5.25. The summed E-state index contributed by atoms with van der Waals surface area (Å²) in [5, 5.41) is 9.95. The minimum Gasteiger partial charge on any atom is -0.396 e. The highest BCUT2D eigenvalue weighted by Crippen LogP contribution is 2.45. The summed E-state index contributed by atoms with van der Waals surface area (Å²) in [5.74, 6) is 1.16. The van der Waals surface area contributed by atoms with E-state index in [-0.39, 0.29) is 23.8 Å². The third-order valence-electron chi connectivity index (χ3n) is 5.75. The third-order valence-corrected chi connectivity index (χ3v) is 6.97. The maximum Gasteiger partial charge on any atom is 0.263 e. The molecule has 2 aromatic rings. The van der Waals surface area contributed by atoms with Gasteiger partial charge in [-0.1, -0.05) is 11.6 Å². The summed E-state index contributed by atoms with van der Waals surface area (Å²) in [6.45, 7) is 3.24. The summed E-state index contributed by atoms with van der Waals surface area (Å²) in [6.07, 6.45) is 5.09. The van der Waals surface area contributed by atoms with Crippen molar-refractivity contribution in [2.45, 2.75) is 12.8 Å². The van der Waals surface area contributed by atoms with Crippen molar-refractivity contribution in [3.05, 3.63) is 39.9 Å². The number of anilines is 1. The van der Waals surface area contributed by atoms with Crippen molar-refractivity contribution in [2.24, 2.45) is 11.3 Å². The van der Waals surface area contributed by atoms with Crippen LogP contribution in [0, 0.1) is 11.3 Å². The molecule has 138 valence electrons. The van der Waals surface area contributed by atoms with Crippen molar-refractivity contribution in [3.63, 3.8) is 0 Å². The number of amides is 1. The van der Waals surface area contributed by atoms with Gasteiger partial charge in [0.1, 0.15) is 12.1 Å². The second-order valence-electron chi connectivity index (χ2n) is 7.09. The molecular formula is C18H21ClN4O2S. The Labute approximate surface area is 161 Å². The molecule has 2 aliphatic rings. The van der Waals surface area contributed by atoms with Crippen molar-refractivity contribution < 1.29 is 9.90 Å². The van der Waals surface area contributed by atoms with Gasteiger partial charge in [0, 0.05) is 44.9 Å². The number of aromatic nitrogens is 2. The van der Waals surface area contributed by atoms with Crippen LogP contribution in [-0.4, -0.2) is 58.7 Å². The summed E-state index contributed by atoms with van der Waals surface area (Å²) in [6, 6.07) is 5.47. The molecule has 4 rings (SSSR count). The van der Waals surface area contributed by atoms with Crippen molar-refractivity contribution in [2.75, 3.05) is 37.7 Å². The summed E-state index contributed by atoms with van der Waals surface area (Å²) in [4.78, 5) is 25.8. The molecule has 0 saturated carbocycles. The molecule has 0 aromatic carbocycles. The molecule has 0 aliphatic carbocycles. The maximum atomic E-state index is 12.7. The number of aliphatic hydroxyl groups is 1. The molecule has 2 aromatic heterocycles. The monoisotopic (exact) mass is 392 g/mol. The molecule has 8 heteroatoms. The molecule has 1 unspecified atom stereocenters. The molecule has 2 fully saturated rings. The predicted molar refractivity (Wildman–Crippen MR) is 102 cm³/mol. The number of nitrogens with zero attached hydrogens (tertiary/aromatic N) is 4. The Morgan fingerprint density at radius 3 is 2.77 bits per heavy atom. The highest BCUT2D eigenvalue weighted by molar-refractivity contribution is 7.17. The smallest absolute Gasteiger partial charge is 0.263 e. The van der Waals surface area contributed by atoms with E-state index in [2.05, 4.69) is 14.9 Å². The van der Waals surface area contributed by atoms with E-state index in [1.54, 1.807) is 24.7 Å². The number of piperidine rings is 1. The molecule has 2 saturated heterocycles. The van der Waals surface area contributed by atoms with Crippen LogP contribution >= 0.6 is 22.9 Å². The fraction of sp³-hybridized carbons (Fsp3) is 0.500. The Kier molecular flexibility index (Phi) is 4.86. The minimum atomic E-state index is 0.0313. The molecule has 0 bridgehead atoms. The van der Waals surface area contributed by atoms with Gasteiger partial charge in [0.15, 0.2) is 0 Å². The first-order chi connectivity index (χ1) is 12.6. The van der Waals surface area contributed by atoms with Crippen molar-refractivity contribution in [1.29, 1.82) is 0 Å². The number of rotatable bonds is 3. The first-order valence-electron chi connectivity index (χ1n) is 8.78. The second-order valence-corrected chi connectivity index (χ2v) is 8.80. The van der Waals surface area contributed by atoms with Gasteiger partial charge in [-0.3, -0.25) is 4.79 Å². The first kappa shape index (κ1) is 17.7. The van der Waals surface area contributed by atoms with Gasteiger partial charge in [0.05, 0.1) is 9.21 Å². The maximum absolute atomic E-state index is 12.7. The summed E-state index contributed by atoms with van der Waals surface area (Å²) in [5.41, 5.74) is 0.0313. The molecule has 0 radical (unpaired) electrons. The first-order valence-corrected chi connectivity index (χ1v) is 9.97. The van der Waals surface area contributed by atoms with E-state index in [0.29, 0.717) is 22.3 Å². The number of aliphatic hydroxyl groups excluding tert-OH is 1. The van der Waals surface area contributed by atoms with E-state index in [0.717, 1.165) is 31.7 Å². The Bertz CT molecular complexity index is 777. The summed E-state index contributed by atoms with van der Waals surface area (Å²) in [7, 11) is 0. The zero-order valence-electron chi connectivity index (χ0n) is 14.3. The van der Waals surface area contributed by atoms with Crippen LogP contribution < -0.4 is 4.90 Å². The van der Waals surface area contributed by atoms with Crippen molar-refractivity contribution >= 4 is 34.7 Å². The average Bonchev–Trinajstić information content (AvgIpc) is 3.26. The topological polar surface area (TPSA) is 69.6 Å². The lowest BCUT2D eigenvalue weighted by molar-refractivity contribution is 0.0419. The number of carbonyl (C=O) groups is 1. The largest absolute Gasteiger partial charge is 0.396 e. The van der Waals surface area contributed by atoms with E-state index < -0.39 is 0 Å². The lowest BCUT2D eigenvalue weighted by Crippen LogP contribution is -2.47. The highest BCUT2D eigenvalue weighted by Gasteiger charge is 2.48. The van der Waals surface area contributed by atoms with Crippen LogP contribution in [0.25, 0.3) is 0 Å². The van der Waals surface area contributed by atoms with Crippen LogP contribution in [0.15, 0.2) is 30.7 Å². The lowest BCUT2D eigenvalue weighted by Gasteiger charge is -2.42. The van der Waals surface area contributed by atoms with Gasteiger partial charge in [0.25, 0.3) is 5.91 Å². The standard InChI is InChI=1S/C18H21ClN4O2S/c19-15-2-1-14(26-15)17(25)22-7-4-18(5-8-22)11-23(9-13(18)10-24)16-3-6-20-12-21-16/h1-3,6,12-13,24H,4-5,7-11H2. The predicted octanol–water partition coefficient (Wildman–Crippen LogP) is 2.54. The highest BCUT2D eigenvalue weighted by atomic mass is 35.5. The van der Waals surface area contributed by atoms with Crippen LogP contribution in [-0.2, 0) is 0 Å². The quantitative estimate of drug-likeness (QED) is 0.869. The lowest BCUT2D eigenvalue weighted by atomic mass is 9.71. The number of likely N-dealkylation sites (tertiary alicyclic amines) is 1. The van der Waals surface area contributed by atoms with Gasteiger partial charge in [-0.05, 0) is 36.5 Å². The van der Waals surface area contributed by atoms with E-state index in [9.17, 15) is 9.90 Å². The zero-order chi connectivity index (χ0) is 18.1. The minimum absolute atomic E-state index is 0.0313. The Morgan fingerprint density at radius 2 is 2.15 bits per heavy atom. The van der Waals surface area contributed by atoms with Gasteiger partial charge >= 0.3 is 0 Å². The van der Waals surface area contributed by atoms with E-state index >= 15 is 0 Å². The molecule has 2 aliphatic heterocycles.